The van der Waals surface area contributed by atoms with E-state index in [4.69, 9.17) is 4.74 Å². The van der Waals surface area contributed by atoms with Crippen molar-refractivity contribution in [3.63, 3.8) is 0 Å². The number of aryl methyl sites for hydroxylation is 1. The van der Waals surface area contributed by atoms with Crippen molar-refractivity contribution in [1.82, 2.24) is 10.2 Å². The normalized spacial score (nSPS) is 13.9. The molecule has 1 saturated heterocycles. The number of carbonyl (C=O) groups excluding carboxylic acids is 2. The molecule has 0 aromatic heterocycles. The molecule has 0 radical (unpaired) electrons. The predicted octanol–water partition coefficient (Wildman–Crippen LogP) is 2.54. The Hall–Kier alpha value is -3.02. The zero-order valence-electron chi connectivity index (χ0n) is 17.2. The third-order valence-electron chi connectivity index (χ3n) is 5.33. The highest BCUT2D eigenvalue weighted by molar-refractivity contribution is 5.85. The summed E-state index contributed by atoms with van der Waals surface area (Å²) in [6.45, 7) is 7.29. The fourth-order valence-corrected chi connectivity index (χ4v) is 3.36. The second kappa shape index (κ2) is 9.96. The molecule has 6 heteroatoms. The lowest BCUT2D eigenvalue weighted by molar-refractivity contribution is -0.133. The molecular formula is C23H29N3O3. The van der Waals surface area contributed by atoms with Gasteiger partial charge in [-0.25, -0.2) is 0 Å². The molecule has 2 aromatic rings. The number of rotatable bonds is 7. The van der Waals surface area contributed by atoms with E-state index in [1.807, 2.05) is 55.1 Å². The minimum absolute atomic E-state index is 0.0354. The van der Waals surface area contributed by atoms with Crippen LogP contribution in [0.5, 0.6) is 5.75 Å². The van der Waals surface area contributed by atoms with Gasteiger partial charge in [-0.2, -0.15) is 0 Å². The summed E-state index contributed by atoms with van der Waals surface area (Å²) in [4.78, 5) is 28.5. The van der Waals surface area contributed by atoms with Gasteiger partial charge in [0, 0.05) is 31.9 Å². The molecule has 0 bridgehead atoms. The molecule has 1 aliphatic heterocycles. The zero-order valence-corrected chi connectivity index (χ0v) is 17.2. The van der Waals surface area contributed by atoms with Gasteiger partial charge in [-0.05, 0) is 43.2 Å². The summed E-state index contributed by atoms with van der Waals surface area (Å²) >= 11 is 0. The van der Waals surface area contributed by atoms with E-state index >= 15 is 0 Å². The summed E-state index contributed by atoms with van der Waals surface area (Å²) in [5.74, 6) is 0.582. The van der Waals surface area contributed by atoms with Crippen LogP contribution in [0.15, 0.2) is 48.5 Å². The molecule has 6 nitrogen and oxygen atoms in total. The first-order valence-corrected chi connectivity index (χ1v) is 10.1. The Morgan fingerprint density at radius 1 is 0.966 bits per heavy atom. The summed E-state index contributed by atoms with van der Waals surface area (Å²) in [6, 6.07) is 16.1. The molecule has 1 fully saturated rings. The average Bonchev–Trinajstić information content (AvgIpc) is 2.76. The lowest BCUT2D eigenvalue weighted by Crippen LogP contribution is -2.51. The fourth-order valence-electron chi connectivity index (χ4n) is 3.36. The van der Waals surface area contributed by atoms with E-state index in [0.29, 0.717) is 19.7 Å². The fraction of sp³-hybridized carbons (Fsp3) is 0.391. The lowest BCUT2D eigenvalue weighted by Gasteiger charge is -2.36. The highest BCUT2D eigenvalue weighted by Crippen LogP contribution is 2.20. The van der Waals surface area contributed by atoms with Crippen molar-refractivity contribution in [3.8, 4) is 5.75 Å². The molecule has 1 heterocycles. The lowest BCUT2D eigenvalue weighted by atomic mass is 10.1. The van der Waals surface area contributed by atoms with Crippen LogP contribution in [0.1, 0.15) is 17.5 Å². The van der Waals surface area contributed by atoms with Gasteiger partial charge in [-0.1, -0.05) is 30.3 Å². The Balaban J connectivity index is 1.35. The van der Waals surface area contributed by atoms with Crippen LogP contribution < -0.4 is 15.0 Å². The number of ether oxygens (including phenoxy) is 1. The number of nitrogens with zero attached hydrogens (tertiary/aromatic N) is 2. The van der Waals surface area contributed by atoms with E-state index in [1.54, 1.807) is 0 Å². The molecule has 1 aliphatic rings. The Labute approximate surface area is 172 Å². The zero-order chi connectivity index (χ0) is 20.6. The number of nitrogens with one attached hydrogen (secondary N) is 1. The van der Waals surface area contributed by atoms with Crippen LogP contribution in [0.25, 0.3) is 0 Å². The van der Waals surface area contributed by atoms with Crippen LogP contribution in [0, 0.1) is 13.8 Å². The summed E-state index contributed by atoms with van der Waals surface area (Å²) < 4.78 is 5.70. The predicted molar refractivity (Wildman–Crippen MR) is 114 cm³/mol. The Morgan fingerprint density at radius 3 is 2.41 bits per heavy atom. The molecular weight excluding hydrogens is 366 g/mol. The van der Waals surface area contributed by atoms with Gasteiger partial charge < -0.3 is 19.9 Å². The highest BCUT2D eigenvalue weighted by atomic mass is 16.5. The second-order valence-electron chi connectivity index (χ2n) is 7.28. The third kappa shape index (κ3) is 5.73. The summed E-state index contributed by atoms with van der Waals surface area (Å²) in [5, 5.41) is 2.71. The minimum Gasteiger partial charge on any atom is -0.493 e. The van der Waals surface area contributed by atoms with Gasteiger partial charge in [0.15, 0.2) is 0 Å². The molecule has 2 aromatic carbocycles. The molecule has 29 heavy (non-hydrogen) atoms. The van der Waals surface area contributed by atoms with E-state index in [2.05, 4.69) is 22.3 Å². The largest absolute Gasteiger partial charge is 0.493 e. The maximum Gasteiger partial charge on any atom is 0.242 e. The van der Waals surface area contributed by atoms with Crippen molar-refractivity contribution in [2.24, 2.45) is 0 Å². The first-order chi connectivity index (χ1) is 14.0. The average molecular weight is 396 g/mol. The van der Waals surface area contributed by atoms with Crippen molar-refractivity contribution in [2.75, 3.05) is 44.2 Å². The molecule has 1 N–H and O–H groups in total. The van der Waals surface area contributed by atoms with Crippen LogP contribution in [-0.2, 0) is 9.59 Å². The molecule has 3 rings (SSSR count). The molecule has 154 valence electrons. The van der Waals surface area contributed by atoms with E-state index < -0.39 is 0 Å². The number of hydrogen-bond donors (Lipinski definition) is 1. The number of hydrogen-bond acceptors (Lipinski definition) is 4. The monoisotopic (exact) mass is 395 g/mol. The van der Waals surface area contributed by atoms with Crippen molar-refractivity contribution < 1.29 is 14.3 Å². The first-order valence-electron chi connectivity index (χ1n) is 10.1. The molecule has 0 spiro atoms. The Kier molecular flexibility index (Phi) is 7.11. The number of amides is 2. The van der Waals surface area contributed by atoms with Crippen LogP contribution in [-0.4, -0.2) is 56.0 Å². The van der Waals surface area contributed by atoms with Crippen molar-refractivity contribution in [3.05, 3.63) is 59.7 Å². The van der Waals surface area contributed by atoms with Crippen molar-refractivity contribution in [1.29, 1.82) is 0 Å². The van der Waals surface area contributed by atoms with Gasteiger partial charge in [0.2, 0.25) is 11.8 Å². The summed E-state index contributed by atoms with van der Waals surface area (Å²) in [5.41, 5.74) is 3.42. The number of piperazine rings is 1. The van der Waals surface area contributed by atoms with Crippen molar-refractivity contribution in [2.45, 2.75) is 20.3 Å². The van der Waals surface area contributed by atoms with Gasteiger partial charge in [0.25, 0.3) is 0 Å². The molecule has 0 aliphatic carbocycles. The second-order valence-corrected chi connectivity index (χ2v) is 7.28. The maximum absolute atomic E-state index is 12.4. The maximum atomic E-state index is 12.4. The molecule has 2 amide bonds. The van der Waals surface area contributed by atoms with Gasteiger partial charge >= 0.3 is 0 Å². The first kappa shape index (κ1) is 20.7. The highest BCUT2D eigenvalue weighted by Gasteiger charge is 2.21. The number of benzene rings is 2. The van der Waals surface area contributed by atoms with Crippen molar-refractivity contribution >= 4 is 17.5 Å². The van der Waals surface area contributed by atoms with Crippen LogP contribution >= 0.6 is 0 Å². The Bertz CT molecular complexity index is 831. The van der Waals surface area contributed by atoms with Gasteiger partial charge in [0.05, 0.1) is 19.6 Å². The van der Waals surface area contributed by atoms with E-state index in [1.165, 1.54) is 5.69 Å². The minimum atomic E-state index is -0.174. The quantitative estimate of drug-likeness (QED) is 0.783. The summed E-state index contributed by atoms with van der Waals surface area (Å²) in [6.07, 6.45) is 0.225. The van der Waals surface area contributed by atoms with Crippen LogP contribution in [0.2, 0.25) is 0 Å². The summed E-state index contributed by atoms with van der Waals surface area (Å²) in [7, 11) is 0. The SMILES string of the molecule is Cc1cccc(OCCC(=O)NCC(=O)N2CCN(c3ccccc3)CC2)c1C. The van der Waals surface area contributed by atoms with E-state index in [-0.39, 0.29) is 24.8 Å². The standard InChI is InChI=1S/C23H29N3O3/c1-18-7-6-10-21(19(18)2)29-16-11-22(27)24-17-23(28)26-14-12-25(13-15-26)20-8-4-3-5-9-20/h3-10H,11-17H2,1-2H3,(H,24,27). The number of anilines is 1. The third-order valence-corrected chi connectivity index (χ3v) is 5.33. The van der Waals surface area contributed by atoms with Crippen LogP contribution in [0.4, 0.5) is 5.69 Å². The van der Waals surface area contributed by atoms with Crippen LogP contribution in [0.3, 0.4) is 0 Å². The van der Waals surface area contributed by atoms with E-state index in [9.17, 15) is 9.59 Å². The molecule has 0 saturated carbocycles. The number of para-hydroxylation sites is 1. The topological polar surface area (TPSA) is 61.9 Å². The smallest absolute Gasteiger partial charge is 0.242 e. The Morgan fingerprint density at radius 2 is 1.69 bits per heavy atom. The van der Waals surface area contributed by atoms with E-state index in [0.717, 1.165) is 30.0 Å². The molecule has 0 atom stereocenters. The molecule has 0 unspecified atom stereocenters. The van der Waals surface area contributed by atoms with Gasteiger partial charge in [-0.15, -0.1) is 0 Å². The van der Waals surface area contributed by atoms with Gasteiger partial charge in [0.1, 0.15) is 5.75 Å². The van der Waals surface area contributed by atoms with Gasteiger partial charge in [-0.3, -0.25) is 9.59 Å². The number of carbonyl (C=O) groups is 2.